The number of benzene rings is 1. The van der Waals surface area contributed by atoms with Crippen LogP contribution < -0.4 is 10.7 Å². The van der Waals surface area contributed by atoms with Crippen molar-refractivity contribution >= 4 is 34.6 Å². The Balaban J connectivity index is 1.78. The molecule has 22 heavy (non-hydrogen) atoms. The van der Waals surface area contributed by atoms with Gasteiger partial charge in [0.2, 0.25) is 5.91 Å². The Morgan fingerprint density at radius 3 is 2.82 bits per heavy atom. The van der Waals surface area contributed by atoms with Crippen LogP contribution in [0.15, 0.2) is 40.8 Å². The number of hydrazone groups is 1. The molecule has 1 aromatic carbocycles. The molecule has 0 spiro atoms. The molecule has 0 aliphatic carbocycles. The lowest BCUT2D eigenvalue weighted by atomic mass is 9.99. The summed E-state index contributed by atoms with van der Waals surface area (Å²) >= 11 is 1.41. The molecular formula is C16H15N3O2S. The number of thiophene rings is 1. The number of carbonyl (C=O) groups is 2. The minimum atomic E-state index is -0.107. The summed E-state index contributed by atoms with van der Waals surface area (Å²) in [7, 11) is 0. The zero-order valence-electron chi connectivity index (χ0n) is 12.1. The minimum absolute atomic E-state index is 0.0544. The Bertz CT molecular complexity index is 751. The highest BCUT2D eigenvalue weighted by Crippen LogP contribution is 2.20. The summed E-state index contributed by atoms with van der Waals surface area (Å²) in [6, 6.07) is 9.34. The van der Waals surface area contributed by atoms with Crippen LogP contribution in [0.3, 0.4) is 0 Å². The second-order valence-electron chi connectivity index (χ2n) is 5.05. The fraction of sp³-hybridized carbons (Fsp3) is 0.188. The molecule has 0 saturated carbocycles. The van der Waals surface area contributed by atoms with Crippen LogP contribution in [0.25, 0.3) is 0 Å². The van der Waals surface area contributed by atoms with Gasteiger partial charge in [0.15, 0.2) is 0 Å². The number of nitrogens with zero attached hydrogens (tertiary/aromatic N) is 1. The third-order valence-corrected chi connectivity index (χ3v) is 4.31. The second kappa shape index (κ2) is 6.11. The van der Waals surface area contributed by atoms with E-state index in [1.165, 1.54) is 11.3 Å². The summed E-state index contributed by atoms with van der Waals surface area (Å²) in [6.45, 7) is 1.97. The quantitative estimate of drug-likeness (QED) is 0.914. The molecular weight excluding hydrogens is 298 g/mol. The smallest absolute Gasteiger partial charge is 0.265 e. The molecule has 5 nitrogen and oxygen atoms in total. The summed E-state index contributed by atoms with van der Waals surface area (Å²) in [5.74, 6) is -0.161. The molecule has 3 rings (SSSR count). The average Bonchev–Trinajstić information content (AvgIpc) is 3.03. The Kier molecular flexibility index (Phi) is 4.02. The van der Waals surface area contributed by atoms with E-state index in [0.29, 0.717) is 17.7 Å². The van der Waals surface area contributed by atoms with Gasteiger partial charge in [0.1, 0.15) is 0 Å². The normalized spacial score (nSPS) is 14.2. The van der Waals surface area contributed by atoms with E-state index >= 15 is 0 Å². The lowest BCUT2D eigenvalue weighted by Gasteiger charge is -2.15. The summed E-state index contributed by atoms with van der Waals surface area (Å²) in [5, 5.41) is 8.86. The van der Waals surface area contributed by atoms with Gasteiger partial charge in [-0.3, -0.25) is 9.59 Å². The third kappa shape index (κ3) is 3.07. The van der Waals surface area contributed by atoms with Crippen molar-refractivity contribution in [3.8, 4) is 0 Å². The van der Waals surface area contributed by atoms with Crippen LogP contribution in [0, 0.1) is 6.92 Å². The Labute approximate surface area is 132 Å². The van der Waals surface area contributed by atoms with Crippen molar-refractivity contribution < 1.29 is 9.59 Å². The van der Waals surface area contributed by atoms with Crippen molar-refractivity contribution in [2.45, 2.75) is 19.8 Å². The van der Waals surface area contributed by atoms with Crippen molar-refractivity contribution in [3.63, 3.8) is 0 Å². The lowest BCUT2D eigenvalue weighted by molar-refractivity contribution is -0.121. The van der Waals surface area contributed by atoms with E-state index in [1.807, 2.05) is 36.6 Å². The van der Waals surface area contributed by atoms with Crippen molar-refractivity contribution in [2.75, 3.05) is 5.32 Å². The predicted octanol–water partition coefficient (Wildman–Crippen LogP) is 2.92. The molecule has 1 aromatic heterocycles. The van der Waals surface area contributed by atoms with Crippen LogP contribution in [0.5, 0.6) is 0 Å². The van der Waals surface area contributed by atoms with Crippen LogP contribution in [-0.4, -0.2) is 17.5 Å². The van der Waals surface area contributed by atoms with E-state index in [-0.39, 0.29) is 11.8 Å². The highest BCUT2D eigenvalue weighted by atomic mass is 32.1. The Morgan fingerprint density at radius 1 is 1.32 bits per heavy atom. The van der Waals surface area contributed by atoms with Crippen molar-refractivity contribution in [2.24, 2.45) is 5.10 Å². The zero-order valence-corrected chi connectivity index (χ0v) is 12.9. The van der Waals surface area contributed by atoms with Gasteiger partial charge in [0, 0.05) is 24.1 Å². The van der Waals surface area contributed by atoms with Gasteiger partial charge in [-0.2, -0.15) is 5.10 Å². The summed E-state index contributed by atoms with van der Waals surface area (Å²) in [5.41, 5.74) is 6.13. The van der Waals surface area contributed by atoms with E-state index in [1.54, 1.807) is 6.07 Å². The van der Waals surface area contributed by atoms with Crippen molar-refractivity contribution in [1.29, 1.82) is 0 Å². The molecule has 0 bridgehead atoms. The number of aryl methyl sites for hydroxylation is 1. The first-order valence-corrected chi connectivity index (χ1v) is 7.83. The van der Waals surface area contributed by atoms with Gasteiger partial charge >= 0.3 is 0 Å². The van der Waals surface area contributed by atoms with E-state index < -0.39 is 0 Å². The number of amides is 2. The van der Waals surface area contributed by atoms with Gasteiger partial charge in [-0.25, -0.2) is 5.43 Å². The van der Waals surface area contributed by atoms with Crippen LogP contribution in [0.4, 0.5) is 5.69 Å². The summed E-state index contributed by atoms with van der Waals surface area (Å²) in [6.07, 6.45) is 1.09. The first-order chi connectivity index (χ1) is 10.6. The first-order valence-electron chi connectivity index (χ1n) is 6.95. The second-order valence-corrected chi connectivity index (χ2v) is 6.00. The van der Waals surface area contributed by atoms with Crippen LogP contribution in [-0.2, 0) is 4.79 Å². The molecule has 1 aliphatic heterocycles. The van der Waals surface area contributed by atoms with Gasteiger partial charge in [-0.05, 0) is 36.1 Å². The first kappa shape index (κ1) is 14.5. The molecule has 112 valence electrons. The Morgan fingerprint density at radius 2 is 2.18 bits per heavy atom. The van der Waals surface area contributed by atoms with Gasteiger partial charge < -0.3 is 5.32 Å². The number of anilines is 1. The van der Waals surface area contributed by atoms with Crippen LogP contribution in [0.1, 0.15) is 33.6 Å². The largest absolute Gasteiger partial charge is 0.321 e. The van der Waals surface area contributed by atoms with E-state index in [4.69, 9.17) is 0 Å². The highest BCUT2D eigenvalue weighted by molar-refractivity contribution is 7.12. The molecule has 6 heteroatoms. The van der Waals surface area contributed by atoms with E-state index in [2.05, 4.69) is 15.8 Å². The van der Waals surface area contributed by atoms with Crippen LogP contribution >= 0.6 is 11.3 Å². The molecule has 0 radical (unpaired) electrons. The monoisotopic (exact) mass is 313 g/mol. The molecule has 1 aliphatic rings. The van der Waals surface area contributed by atoms with Crippen molar-refractivity contribution in [3.05, 3.63) is 51.7 Å². The predicted molar refractivity (Wildman–Crippen MR) is 87.4 cm³/mol. The molecule has 0 saturated heterocycles. The highest BCUT2D eigenvalue weighted by Gasteiger charge is 2.15. The standard InChI is InChI=1S/C16H15N3O2S/c1-10-9-11(17-16(21)14-3-2-8-22-14)4-5-12(10)13-6-7-15(20)19-18-13/h2-5,8-9H,6-7H2,1H3,(H,17,21)(H,19,20). The summed E-state index contributed by atoms with van der Waals surface area (Å²) in [4.78, 5) is 23.9. The van der Waals surface area contributed by atoms with E-state index in [9.17, 15) is 9.59 Å². The number of rotatable bonds is 3. The van der Waals surface area contributed by atoms with Gasteiger partial charge in [-0.15, -0.1) is 11.3 Å². The number of hydrogen-bond donors (Lipinski definition) is 2. The molecule has 2 heterocycles. The third-order valence-electron chi connectivity index (χ3n) is 3.44. The topological polar surface area (TPSA) is 70.6 Å². The maximum atomic E-state index is 12.0. The maximum Gasteiger partial charge on any atom is 0.265 e. The summed E-state index contributed by atoms with van der Waals surface area (Å²) < 4.78 is 0. The SMILES string of the molecule is Cc1cc(NC(=O)c2cccs2)ccc1C1=NNC(=O)CC1. The van der Waals surface area contributed by atoms with Crippen LogP contribution in [0.2, 0.25) is 0 Å². The molecule has 0 unspecified atom stereocenters. The zero-order chi connectivity index (χ0) is 15.5. The number of hydrogen-bond acceptors (Lipinski definition) is 4. The van der Waals surface area contributed by atoms with Gasteiger partial charge in [0.25, 0.3) is 5.91 Å². The average molecular weight is 313 g/mol. The number of nitrogens with one attached hydrogen (secondary N) is 2. The lowest BCUT2D eigenvalue weighted by Crippen LogP contribution is -2.26. The van der Waals surface area contributed by atoms with Crippen molar-refractivity contribution in [1.82, 2.24) is 5.43 Å². The van der Waals surface area contributed by atoms with E-state index in [0.717, 1.165) is 22.5 Å². The maximum absolute atomic E-state index is 12.0. The molecule has 2 N–H and O–H groups in total. The Hall–Kier alpha value is -2.47. The fourth-order valence-corrected chi connectivity index (χ4v) is 2.95. The number of carbonyl (C=O) groups excluding carboxylic acids is 2. The van der Waals surface area contributed by atoms with Gasteiger partial charge in [0.05, 0.1) is 10.6 Å². The molecule has 2 amide bonds. The molecule has 2 aromatic rings. The molecule has 0 atom stereocenters. The molecule has 0 fully saturated rings. The minimum Gasteiger partial charge on any atom is -0.321 e. The fourth-order valence-electron chi connectivity index (χ4n) is 2.33. The van der Waals surface area contributed by atoms with Gasteiger partial charge in [-0.1, -0.05) is 12.1 Å².